The van der Waals surface area contributed by atoms with E-state index < -0.39 is 6.09 Å². The van der Waals surface area contributed by atoms with Gasteiger partial charge in [-0.15, -0.1) is 0 Å². The van der Waals surface area contributed by atoms with Crippen molar-refractivity contribution in [2.24, 2.45) is 5.73 Å². The lowest BCUT2D eigenvalue weighted by Crippen LogP contribution is -2.24. The fourth-order valence-corrected chi connectivity index (χ4v) is 1.36. The van der Waals surface area contributed by atoms with E-state index in [0.29, 0.717) is 13.1 Å². The molecule has 0 aliphatic carbocycles. The summed E-state index contributed by atoms with van der Waals surface area (Å²) in [5.74, 6) is 0. The molecule has 0 atom stereocenters. The summed E-state index contributed by atoms with van der Waals surface area (Å²) in [6.07, 6.45) is 2.10. The molecule has 16 heavy (non-hydrogen) atoms. The third kappa shape index (κ3) is 4.31. The average Bonchev–Trinajstić information content (AvgIpc) is 2.65. The molecule has 1 aromatic rings. The molecule has 0 fully saturated rings. The molecule has 0 aliphatic heterocycles. The average molecular weight is 226 g/mol. The molecule has 1 heterocycles. The monoisotopic (exact) mass is 226 g/mol. The van der Waals surface area contributed by atoms with Crippen LogP contribution in [0.5, 0.6) is 0 Å². The largest absolute Gasteiger partial charge is 0.448 e. The molecule has 0 spiro atoms. The van der Waals surface area contributed by atoms with E-state index in [0.717, 1.165) is 18.7 Å². The molecule has 90 valence electrons. The molecule has 3 N–H and O–H groups in total. The quantitative estimate of drug-likeness (QED) is 0.662. The predicted octanol–water partition coefficient (Wildman–Crippen LogP) is 0.478. The van der Waals surface area contributed by atoms with Gasteiger partial charge in [-0.3, -0.25) is 4.68 Å². The highest BCUT2D eigenvalue weighted by atomic mass is 16.5. The van der Waals surface area contributed by atoms with Gasteiger partial charge >= 0.3 is 6.09 Å². The van der Waals surface area contributed by atoms with Gasteiger partial charge < -0.3 is 15.8 Å². The van der Waals surface area contributed by atoms with Crippen LogP contribution in [0.1, 0.15) is 19.0 Å². The number of aryl methyl sites for hydroxylation is 1. The van der Waals surface area contributed by atoms with Crippen LogP contribution in [0.4, 0.5) is 4.79 Å². The van der Waals surface area contributed by atoms with Crippen molar-refractivity contribution < 1.29 is 9.53 Å². The van der Waals surface area contributed by atoms with E-state index in [1.165, 1.54) is 0 Å². The van der Waals surface area contributed by atoms with Gasteiger partial charge in [-0.25, -0.2) is 4.79 Å². The van der Waals surface area contributed by atoms with Crippen LogP contribution < -0.4 is 11.1 Å². The Balaban J connectivity index is 2.21. The summed E-state index contributed by atoms with van der Waals surface area (Å²) in [7, 11) is 0. The maximum absolute atomic E-state index is 10.3. The van der Waals surface area contributed by atoms with Gasteiger partial charge in [0.05, 0.1) is 5.69 Å². The second-order valence-electron chi connectivity index (χ2n) is 3.39. The van der Waals surface area contributed by atoms with Gasteiger partial charge in [-0.2, -0.15) is 5.10 Å². The van der Waals surface area contributed by atoms with E-state index in [-0.39, 0.29) is 6.61 Å². The smallest absolute Gasteiger partial charge is 0.404 e. The standard InChI is InChI=1S/C10H18N4O2/c1-2-6-14-9(3-4-13-14)8-12-5-7-16-10(11)15/h3-4,12H,2,5-8H2,1H3,(H2,11,15). The van der Waals surface area contributed by atoms with Crippen molar-refractivity contribution in [2.75, 3.05) is 13.2 Å². The minimum Gasteiger partial charge on any atom is -0.448 e. The highest BCUT2D eigenvalue weighted by molar-refractivity contribution is 5.64. The van der Waals surface area contributed by atoms with Crippen LogP contribution in [0, 0.1) is 0 Å². The third-order valence-corrected chi connectivity index (χ3v) is 2.07. The summed E-state index contributed by atoms with van der Waals surface area (Å²) < 4.78 is 6.55. The lowest BCUT2D eigenvalue weighted by atomic mass is 10.4. The summed E-state index contributed by atoms with van der Waals surface area (Å²) in [5.41, 5.74) is 5.96. The third-order valence-electron chi connectivity index (χ3n) is 2.07. The second-order valence-corrected chi connectivity index (χ2v) is 3.39. The SMILES string of the molecule is CCCn1nccc1CNCCOC(N)=O. The summed E-state index contributed by atoms with van der Waals surface area (Å²) in [6.45, 7) is 4.61. The number of carbonyl (C=O) groups is 1. The number of hydrogen-bond donors (Lipinski definition) is 2. The van der Waals surface area contributed by atoms with Crippen LogP contribution >= 0.6 is 0 Å². The zero-order chi connectivity index (χ0) is 11.8. The molecule has 0 aromatic carbocycles. The normalized spacial score (nSPS) is 10.3. The first-order chi connectivity index (χ1) is 7.74. The van der Waals surface area contributed by atoms with Gasteiger partial charge in [-0.1, -0.05) is 6.92 Å². The van der Waals surface area contributed by atoms with Crippen molar-refractivity contribution in [2.45, 2.75) is 26.4 Å². The fourth-order valence-electron chi connectivity index (χ4n) is 1.36. The number of ether oxygens (including phenoxy) is 1. The number of nitrogens with zero attached hydrogens (tertiary/aromatic N) is 2. The van der Waals surface area contributed by atoms with Crippen molar-refractivity contribution in [1.29, 1.82) is 0 Å². The van der Waals surface area contributed by atoms with E-state index in [9.17, 15) is 4.79 Å². The van der Waals surface area contributed by atoms with Gasteiger partial charge in [0.2, 0.25) is 0 Å². The fraction of sp³-hybridized carbons (Fsp3) is 0.600. The number of nitrogens with two attached hydrogens (primary N) is 1. The molecule has 0 bridgehead atoms. The number of nitrogens with one attached hydrogen (secondary N) is 1. The number of carbonyl (C=O) groups excluding carboxylic acids is 1. The van der Waals surface area contributed by atoms with Crippen LogP contribution in [0.3, 0.4) is 0 Å². The van der Waals surface area contributed by atoms with E-state index in [1.54, 1.807) is 6.20 Å². The van der Waals surface area contributed by atoms with Crippen LogP contribution in [0.15, 0.2) is 12.3 Å². The van der Waals surface area contributed by atoms with E-state index in [4.69, 9.17) is 5.73 Å². The molecule has 6 heteroatoms. The Morgan fingerprint density at radius 1 is 1.69 bits per heavy atom. The maximum Gasteiger partial charge on any atom is 0.404 e. The molecular weight excluding hydrogens is 208 g/mol. The van der Waals surface area contributed by atoms with Gasteiger partial charge in [0, 0.05) is 25.8 Å². The molecule has 6 nitrogen and oxygen atoms in total. The zero-order valence-electron chi connectivity index (χ0n) is 9.48. The first kappa shape index (κ1) is 12.5. The Hall–Kier alpha value is -1.56. The Labute approximate surface area is 94.8 Å². The summed E-state index contributed by atoms with van der Waals surface area (Å²) >= 11 is 0. The minimum absolute atomic E-state index is 0.289. The van der Waals surface area contributed by atoms with Crippen LogP contribution in [0.2, 0.25) is 0 Å². The first-order valence-corrected chi connectivity index (χ1v) is 5.37. The predicted molar refractivity (Wildman–Crippen MR) is 59.8 cm³/mol. The van der Waals surface area contributed by atoms with Gasteiger partial charge in [0.1, 0.15) is 6.61 Å². The van der Waals surface area contributed by atoms with Crippen molar-refractivity contribution in [3.05, 3.63) is 18.0 Å². The summed E-state index contributed by atoms with van der Waals surface area (Å²) in [4.78, 5) is 10.3. The van der Waals surface area contributed by atoms with Gasteiger partial charge in [-0.05, 0) is 12.5 Å². The molecule has 1 rings (SSSR count). The van der Waals surface area contributed by atoms with E-state index in [2.05, 4.69) is 22.1 Å². The van der Waals surface area contributed by atoms with Crippen molar-refractivity contribution in [3.63, 3.8) is 0 Å². The molecule has 0 radical (unpaired) electrons. The molecule has 1 amide bonds. The number of primary amides is 1. The van der Waals surface area contributed by atoms with Crippen molar-refractivity contribution in [1.82, 2.24) is 15.1 Å². The minimum atomic E-state index is -0.738. The number of aromatic nitrogens is 2. The number of amides is 1. The second kappa shape index (κ2) is 6.84. The van der Waals surface area contributed by atoms with E-state index >= 15 is 0 Å². The van der Waals surface area contributed by atoms with Crippen molar-refractivity contribution in [3.8, 4) is 0 Å². The Morgan fingerprint density at radius 2 is 2.50 bits per heavy atom. The Kier molecular flexibility index (Phi) is 5.35. The lowest BCUT2D eigenvalue weighted by Gasteiger charge is -2.07. The molecule has 1 aromatic heterocycles. The van der Waals surface area contributed by atoms with Crippen molar-refractivity contribution >= 4 is 6.09 Å². The molecule has 0 saturated heterocycles. The lowest BCUT2D eigenvalue weighted by molar-refractivity contribution is 0.157. The van der Waals surface area contributed by atoms with E-state index in [1.807, 2.05) is 10.7 Å². The highest BCUT2D eigenvalue weighted by Gasteiger charge is 2.00. The van der Waals surface area contributed by atoms with Gasteiger partial charge in [0.25, 0.3) is 0 Å². The summed E-state index contributed by atoms with van der Waals surface area (Å²) in [6, 6.07) is 1.97. The number of hydrogen-bond acceptors (Lipinski definition) is 4. The van der Waals surface area contributed by atoms with Gasteiger partial charge in [0.15, 0.2) is 0 Å². The van der Waals surface area contributed by atoms with Crippen LogP contribution in [-0.2, 0) is 17.8 Å². The van der Waals surface area contributed by atoms with Crippen LogP contribution in [-0.4, -0.2) is 29.0 Å². The zero-order valence-corrected chi connectivity index (χ0v) is 9.48. The molecule has 0 saturated carbocycles. The summed E-state index contributed by atoms with van der Waals surface area (Å²) in [5, 5.41) is 7.35. The Morgan fingerprint density at radius 3 is 3.19 bits per heavy atom. The molecular formula is C10H18N4O2. The molecule has 0 unspecified atom stereocenters. The highest BCUT2D eigenvalue weighted by Crippen LogP contribution is 1.99. The Bertz CT molecular complexity index is 324. The topological polar surface area (TPSA) is 82.2 Å². The maximum atomic E-state index is 10.3. The number of rotatable bonds is 7. The molecule has 0 aliphatic rings. The first-order valence-electron chi connectivity index (χ1n) is 5.37. The van der Waals surface area contributed by atoms with Crippen LogP contribution in [0.25, 0.3) is 0 Å².